The maximum absolute atomic E-state index is 12.5. The molecule has 6 nitrogen and oxygen atoms in total. The summed E-state index contributed by atoms with van der Waals surface area (Å²) in [7, 11) is 4.04. The van der Waals surface area contributed by atoms with Crippen molar-refractivity contribution in [2.75, 3.05) is 33.7 Å². The van der Waals surface area contributed by atoms with Crippen molar-refractivity contribution in [1.82, 2.24) is 15.1 Å². The van der Waals surface area contributed by atoms with Crippen LogP contribution >= 0.6 is 0 Å². The summed E-state index contributed by atoms with van der Waals surface area (Å²) in [5.41, 5.74) is 0. The van der Waals surface area contributed by atoms with E-state index in [1.165, 1.54) is 6.42 Å². The Morgan fingerprint density at radius 1 is 1.35 bits per heavy atom. The van der Waals surface area contributed by atoms with Crippen LogP contribution in [-0.4, -0.2) is 67.7 Å². The predicted molar refractivity (Wildman–Crippen MR) is 87.0 cm³/mol. The normalized spacial score (nSPS) is 32.8. The number of fused-ring (bicyclic) bond motifs is 4. The third-order valence-corrected chi connectivity index (χ3v) is 5.54. The smallest absolute Gasteiger partial charge is 0.407 e. The molecule has 3 fully saturated rings. The number of nitrogens with one attached hydrogen (secondary N) is 1. The molecule has 23 heavy (non-hydrogen) atoms. The van der Waals surface area contributed by atoms with Gasteiger partial charge < -0.3 is 19.9 Å². The predicted octanol–water partition coefficient (Wildman–Crippen LogP) is 1.45. The van der Waals surface area contributed by atoms with Crippen LogP contribution in [0, 0.1) is 11.8 Å². The minimum atomic E-state index is -0.323. The van der Waals surface area contributed by atoms with E-state index in [9.17, 15) is 9.59 Å². The van der Waals surface area contributed by atoms with Crippen molar-refractivity contribution in [2.24, 2.45) is 11.8 Å². The molecule has 0 aromatic rings. The van der Waals surface area contributed by atoms with Gasteiger partial charge in [0.2, 0.25) is 5.91 Å². The van der Waals surface area contributed by atoms with Gasteiger partial charge in [0.25, 0.3) is 0 Å². The number of alkyl carbamates (subject to hydrolysis) is 1. The van der Waals surface area contributed by atoms with Gasteiger partial charge in [-0.1, -0.05) is 0 Å². The summed E-state index contributed by atoms with van der Waals surface area (Å²) >= 11 is 0. The Kier molecular flexibility index (Phi) is 5.09. The van der Waals surface area contributed by atoms with E-state index in [0.29, 0.717) is 30.8 Å². The molecule has 2 amide bonds. The van der Waals surface area contributed by atoms with Crippen LogP contribution in [0.4, 0.5) is 4.79 Å². The zero-order valence-electron chi connectivity index (χ0n) is 14.3. The van der Waals surface area contributed by atoms with E-state index in [2.05, 4.69) is 15.1 Å². The maximum atomic E-state index is 12.5. The molecule has 3 rings (SSSR count). The van der Waals surface area contributed by atoms with Crippen LogP contribution in [-0.2, 0) is 9.53 Å². The number of carbonyl (C=O) groups is 2. The zero-order chi connectivity index (χ0) is 16.4. The summed E-state index contributed by atoms with van der Waals surface area (Å²) in [5, 5.41) is 2.84. The number of piperidine rings is 2. The van der Waals surface area contributed by atoms with Gasteiger partial charge in [-0.2, -0.15) is 0 Å². The topological polar surface area (TPSA) is 61.9 Å². The van der Waals surface area contributed by atoms with E-state index in [4.69, 9.17) is 4.74 Å². The second kappa shape index (κ2) is 7.07. The molecule has 1 N–H and O–H groups in total. The summed E-state index contributed by atoms with van der Waals surface area (Å²) < 4.78 is 5.69. The molecule has 3 aliphatic rings. The van der Waals surface area contributed by atoms with Crippen LogP contribution in [0.15, 0.2) is 0 Å². The van der Waals surface area contributed by atoms with E-state index in [0.717, 1.165) is 38.8 Å². The first-order valence-corrected chi connectivity index (χ1v) is 8.96. The van der Waals surface area contributed by atoms with Gasteiger partial charge in [-0.05, 0) is 59.2 Å². The van der Waals surface area contributed by atoms with Gasteiger partial charge in [0.1, 0.15) is 6.10 Å². The summed E-state index contributed by atoms with van der Waals surface area (Å²) in [6.07, 6.45) is 5.46. The second-order valence-electron chi connectivity index (χ2n) is 7.45. The lowest BCUT2D eigenvalue weighted by Crippen LogP contribution is -2.53. The molecule has 1 saturated carbocycles. The average Bonchev–Trinajstić information content (AvgIpc) is 2.90. The van der Waals surface area contributed by atoms with Gasteiger partial charge >= 0.3 is 6.09 Å². The molecule has 2 aliphatic heterocycles. The fourth-order valence-electron chi connectivity index (χ4n) is 4.45. The van der Waals surface area contributed by atoms with E-state index in [1.54, 1.807) is 0 Å². The number of carbonyl (C=O) groups excluding carboxylic acids is 2. The van der Waals surface area contributed by atoms with Crippen molar-refractivity contribution >= 4 is 12.0 Å². The molecule has 2 heterocycles. The highest BCUT2D eigenvalue weighted by molar-refractivity contribution is 5.81. The molecule has 2 bridgehead atoms. The van der Waals surface area contributed by atoms with E-state index >= 15 is 0 Å². The van der Waals surface area contributed by atoms with Gasteiger partial charge in [0.15, 0.2) is 0 Å². The van der Waals surface area contributed by atoms with Crippen molar-refractivity contribution in [3.05, 3.63) is 0 Å². The largest absolute Gasteiger partial charge is 0.446 e. The molecule has 4 atom stereocenters. The molecule has 2 saturated heterocycles. The van der Waals surface area contributed by atoms with Gasteiger partial charge in [0, 0.05) is 31.0 Å². The lowest BCUT2D eigenvalue weighted by molar-refractivity contribution is -0.143. The van der Waals surface area contributed by atoms with Crippen LogP contribution in [0.1, 0.15) is 38.5 Å². The van der Waals surface area contributed by atoms with Crippen LogP contribution in [0.5, 0.6) is 0 Å². The number of rotatable bonds is 5. The highest BCUT2D eigenvalue weighted by Gasteiger charge is 2.52. The molecule has 0 unspecified atom stereocenters. The molecule has 0 aromatic carbocycles. The minimum Gasteiger partial charge on any atom is -0.446 e. The second-order valence-corrected chi connectivity index (χ2v) is 7.45. The SMILES string of the molecule is CN(C)CCCNC(=O)O[C@@H]1C[C@H]2C[C@@H]1[C@H]1CCCCN1C2=O. The maximum Gasteiger partial charge on any atom is 0.407 e. The van der Waals surface area contributed by atoms with Crippen molar-refractivity contribution in [1.29, 1.82) is 0 Å². The van der Waals surface area contributed by atoms with Crippen LogP contribution in [0.25, 0.3) is 0 Å². The number of amides is 2. The van der Waals surface area contributed by atoms with Crippen LogP contribution < -0.4 is 5.32 Å². The third-order valence-electron chi connectivity index (χ3n) is 5.54. The summed E-state index contributed by atoms with van der Waals surface area (Å²) in [6, 6.07) is 0.293. The fraction of sp³-hybridized carbons (Fsp3) is 0.882. The first kappa shape index (κ1) is 16.6. The van der Waals surface area contributed by atoms with E-state index in [1.807, 2.05) is 14.1 Å². The Balaban J connectivity index is 1.51. The number of hydrogen-bond donors (Lipinski definition) is 1. The van der Waals surface area contributed by atoms with Crippen LogP contribution in [0.2, 0.25) is 0 Å². The molecular formula is C17H29N3O3. The molecular weight excluding hydrogens is 294 g/mol. The standard InChI is InChI=1S/C17H29N3O3/c1-19(2)8-5-7-18-17(22)23-15-11-12-10-13(15)14-6-3-4-9-20(14)16(12)21/h12-15H,3-11H2,1-2H3,(H,18,22)/t12-,13-,14-,15-/m1/s1. The number of nitrogens with zero attached hydrogens (tertiary/aromatic N) is 2. The molecule has 6 heteroatoms. The molecule has 0 aromatic heterocycles. The fourth-order valence-corrected chi connectivity index (χ4v) is 4.45. The minimum absolute atomic E-state index is 0.0703. The highest BCUT2D eigenvalue weighted by Crippen LogP contribution is 2.45. The lowest BCUT2D eigenvalue weighted by atomic mass is 9.84. The van der Waals surface area contributed by atoms with Gasteiger partial charge in [-0.15, -0.1) is 0 Å². The third kappa shape index (κ3) is 3.62. The van der Waals surface area contributed by atoms with Crippen molar-refractivity contribution in [3.63, 3.8) is 0 Å². The Hall–Kier alpha value is -1.30. The quantitative estimate of drug-likeness (QED) is 0.778. The number of hydrogen-bond acceptors (Lipinski definition) is 4. The molecule has 130 valence electrons. The molecule has 1 aliphatic carbocycles. The Morgan fingerprint density at radius 2 is 2.17 bits per heavy atom. The van der Waals surface area contributed by atoms with Gasteiger partial charge in [-0.25, -0.2) is 4.79 Å². The van der Waals surface area contributed by atoms with Crippen LogP contribution in [0.3, 0.4) is 0 Å². The molecule has 0 radical (unpaired) electrons. The Morgan fingerprint density at radius 3 is 2.96 bits per heavy atom. The number of ether oxygens (including phenoxy) is 1. The Labute approximate surface area is 138 Å². The monoisotopic (exact) mass is 323 g/mol. The highest BCUT2D eigenvalue weighted by atomic mass is 16.6. The Bertz CT molecular complexity index is 454. The van der Waals surface area contributed by atoms with Crippen molar-refractivity contribution in [2.45, 2.75) is 50.7 Å². The summed E-state index contributed by atoms with van der Waals surface area (Å²) in [4.78, 5) is 28.7. The first-order chi connectivity index (χ1) is 11.1. The first-order valence-electron chi connectivity index (χ1n) is 8.96. The van der Waals surface area contributed by atoms with Gasteiger partial charge in [0.05, 0.1) is 0 Å². The average molecular weight is 323 g/mol. The molecule has 0 spiro atoms. The van der Waals surface area contributed by atoms with Crippen molar-refractivity contribution < 1.29 is 14.3 Å². The summed E-state index contributed by atoms with van der Waals surface area (Å²) in [6.45, 7) is 2.46. The van der Waals surface area contributed by atoms with E-state index in [-0.39, 0.29) is 18.1 Å². The van der Waals surface area contributed by atoms with Crippen molar-refractivity contribution in [3.8, 4) is 0 Å². The lowest BCUT2D eigenvalue weighted by Gasteiger charge is -2.43. The zero-order valence-corrected chi connectivity index (χ0v) is 14.3. The van der Waals surface area contributed by atoms with E-state index < -0.39 is 0 Å². The summed E-state index contributed by atoms with van der Waals surface area (Å²) in [5.74, 6) is 0.704. The van der Waals surface area contributed by atoms with Gasteiger partial charge in [-0.3, -0.25) is 4.79 Å².